The van der Waals surface area contributed by atoms with Gasteiger partial charge in [-0.1, -0.05) is 37.3 Å². The van der Waals surface area contributed by atoms with Crippen molar-refractivity contribution in [3.8, 4) is 0 Å². The largest absolute Gasteiger partial charge is 0.285 e. The Morgan fingerprint density at radius 1 is 1.33 bits per heavy atom. The van der Waals surface area contributed by atoms with Crippen molar-refractivity contribution in [3.63, 3.8) is 0 Å². The number of aromatic nitrogens is 3. The second-order valence-corrected chi connectivity index (χ2v) is 6.19. The lowest BCUT2D eigenvalue weighted by Crippen LogP contribution is -2.31. The molecule has 0 spiro atoms. The van der Waals surface area contributed by atoms with E-state index in [1.165, 1.54) is 0 Å². The number of benzene rings is 1. The van der Waals surface area contributed by atoms with Crippen molar-refractivity contribution in [2.75, 3.05) is 0 Å². The first kappa shape index (κ1) is 15.2. The highest BCUT2D eigenvalue weighted by Gasteiger charge is 2.22. The van der Waals surface area contributed by atoms with Crippen LogP contribution in [0.4, 0.5) is 0 Å². The van der Waals surface area contributed by atoms with Crippen LogP contribution in [0.5, 0.6) is 0 Å². The molecule has 21 heavy (non-hydrogen) atoms. The van der Waals surface area contributed by atoms with Gasteiger partial charge in [-0.3, -0.25) is 4.79 Å². The first-order chi connectivity index (χ1) is 10.0. The lowest BCUT2D eigenvalue weighted by Gasteiger charge is -2.14. The molecule has 0 aliphatic carbocycles. The SMILES string of the molecule is CCC(CC(=O)NS(=O)(=O)c1cn[nH]n1)c1ccccc1. The van der Waals surface area contributed by atoms with Gasteiger partial charge >= 0.3 is 0 Å². The highest BCUT2D eigenvalue weighted by molar-refractivity contribution is 7.90. The zero-order valence-electron chi connectivity index (χ0n) is 11.5. The van der Waals surface area contributed by atoms with Gasteiger partial charge in [0.05, 0.1) is 6.20 Å². The number of sulfonamides is 1. The second kappa shape index (κ2) is 6.49. The third-order valence-corrected chi connectivity index (χ3v) is 4.36. The van der Waals surface area contributed by atoms with Crippen LogP contribution in [0.25, 0.3) is 0 Å². The Balaban J connectivity index is 2.04. The molecule has 112 valence electrons. The van der Waals surface area contributed by atoms with Crippen molar-refractivity contribution in [1.29, 1.82) is 0 Å². The molecule has 7 nitrogen and oxygen atoms in total. The normalized spacial score (nSPS) is 12.8. The molecule has 2 rings (SSSR count). The summed E-state index contributed by atoms with van der Waals surface area (Å²) in [5, 5.41) is 8.77. The third-order valence-electron chi connectivity index (χ3n) is 3.11. The zero-order valence-corrected chi connectivity index (χ0v) is 12.3. The maximum Gasteiger partial charge on any atom is 0.285 e. The van der Waals surface area contributed by atoms with Crippen LogP contribution in [0.15, 0.2) is 41.6 Å². The van der Waals surface area contributed by atoms with Gasteiger partial charge in [0.15, 0.2) is 0 Å². The zero-order chi connectivity index (χ0) is 15.3. The maximum absolute atomic E-state index is 11.9. The first-order valence-corrected chi connectivity index (χ1v) is 7.97. The number of aromatic amines is 1. The maximum atomic E-state index is 11.9. The van der Waals surface area contributed by atoms with Gasteiger partial charge in [-0.05, 0) is 17.9 Å². The van der Waals surface area contributed by atoms with E-state index >= 15 is 0 Å². The highest BCUT2D eigenvalue weighted by atomic mass is 32.2. The van der Waals surface area contributed by atoms with Gasteiger partial charge in [0, 0.05) is 6.42 Å². The molecule has 0 aliphatic heterocycles. The molecular weight excluding hydrogens is 292 g/mol. The third kappa shape index (κ3) is 3.88. The summed E-state index contributed by atoms with van der Waals surface area (Å²) in [6, 6.07) is 9.52. The van der Waals surface area contributed by atoms with Crippen molar-refractivity contribution < 1.29 is 13.2 Å². The van der Waals surface area contributed by atoms with E-state index in [-0.39, 0.29) is 17.4 Å². The van der Waals surface area contributed by atoms with Crippen molar-refractivity contribution in [1.82, 2.24) is 20.1 Å². The summed E-state index contributed by atoms with van der Waals surface area (Å²) >= 11 is 0. The Hall–Kier alpha value is -2.22. The fourth-order valence-electron chi connectivity index (χ4n) is 2.01. The first-order valence-electron chi connectivity index (χ1n) is 6.49. The van der Waals surface area contributed by atoms with Crippen LogP contribution in [0, 0.1) is 0 Å². The minimum atomic E-state index is -3.96. The average molecular weight is 308 g/mol. The number of hydrogen-bond acceptors (Lipinski definition) is 5. The van der Waals surface area contributed by atoms with Gasteiger partial charge in [0.1, 0.15) is 0 Å². The predicted molar refractivity (Wildman–Crippen MR) is 75.8 cm³/mol. The van der Waals surface area contributed by atoms with Crippen LogP contribution in [-0.2, 0) is 14.8 Å². The van der Waals surface area contributed by atoms with E-state index in [2.05, 4.69) is 15.4 Å². The van der Waals surface area contributed by atoms with Gasteiger partial charge in [-0.25, -0.2) is 4.72 Å². The molecule has 0 aliphatic rings. The molecule has 0 saturated carbocycles. The van der Waals surface area contributed by atoms with Crippen molar-refractivity contribution in [3.05, 3.63) is 42.1 Å². The Kier molecular flexibility index (Phi) is 4.69. The Morgan fingerprint density at radius 3 is 2.62 bits per heavy atom. The van der Waals surface area contributed by atoms with E-state index in [9.17, 15) is 13.2 Å². The predicted octanol–water partition coefficient (Wildman–Crippen LogP) is 1.19. The number of rotatable bonds is 6. The number of hydrogen-bond donors (Lipinski definition) is 2. The van der Waals surface area contributed by atoms with E-state index in [4.69, 9.17) is 0 Å². The van der Waals surface area contributed by atoms with Crippen LogP contribution < -0.4 is 4.72 Å². The van der Waals surface area contributed by atoms with Gasteiger partial charge in [-0.2, -0.15) is 18.7 Å². The number of carbonyl (C=O) groups is 1. The summed E-state index contributed by atoms with van der Waals surface area (Å²) in [6.07, 6.45) is 1.88. The monoisotopic (exact) mass is 308 g/mol. The summed E-state index contributed by atoms with van der Waals surface area (Å²) in [5.41, 5.74) is 1.01. The van der Waals surface area contributed by atoms with E-state index in [0.717, 1.165) is 18.2 Å². The second-order valence-electron chi connectivity index (χ2n) is 4.56. The van der Waals surface area contributed by atoms with E-state index in [1.807, 2.05) is 42.0 Å². The number of H-pyrrole nitrogens is 1. The molecule has 1 amide bonds. The molecule has 1 aromatic heterocycles. The summed E-state index contributed by atoms with van der Waals surface area (Å²) < 4.78 is 25.7. The number of nitrogens with one attached hydrogen (secondary N) is 2. The molecule has 8 heteroatoms. The van der Waals surface area contributed by atoms with Gasteiger partial charge in [0.25, 0.3) is 10.0 Å². The molecule has 2 N–H and O–H groups in total. The quantitative estimate of drug-likeness (QED) is 0.834. The topological polar surface area (TPSA) is 105 Å². The van der Waals surface area contributed by atoms with Crippen LogP contribution in [0.2, 0.25) is 0 Å². The Labute approximate surface area is 122 Å². The highest BCUT2D eigenvalue weighted by Crippen LogP contribution is 2.22. The average Bonchev–Trinajstić information content (AvgIpc) is 3.00. The molecule has 0 fully saturated rings. The van der Waals surface area contributed by atoms with Crippen LogP contribution >= 0.6 is 0 Å². The summed E-state index contributed by atoms with van der Waals surface area (Å²) in [7, 11) is -3.96. The van der Waals surface area contributed by atoms with Crippen LogP contribution in [-0.4, -0.2) is 29.7 Å². The summed E-state index contributed by atoms with van der Waals surface area (Å²) in [4.78, 5) is 11.9. The Morgan fingerprint density at radius 2 is 2.05 bits per heavy atom. The minimum Gasteiger partial charge on any atom is -0.274 e. The molecule has 2 aromatic rings. The smallest absolute Gasteiger partial charge is 0.274 e. The fraction of sp³-hybridized carbons (Fsp3) is 0.308. The van der Waals surface area contributed by atoms with Crippen molar-refractivity contribution in [2.45, 2.75) is 30.7 Å². The van der Waals surface area contributed by atoms with Gasteiger partial charge in [0.2, 0.25) is 10.9 Å². The van der Waals surface area contributed by atoms with Crippen LogP contribution in [0.1, 0.15) is 31.2 Å². The molecular formula is C13H16N4O3S. The number of nitrogens with zero attached hydrogens (tertiary/aromatic N) is 2. The molecule has 0 radical (unpaired) electrons. The standard InChI is InChI=1S/C13H16N4O3S/c1-2-10(11-6-4-3-5-7-11)8-12(18)16-21(19,20)13-9-14-17-15-13/h3-7,9-10H,2,8H2,1H3,(H,16,18)(H,14,15,17). The summed E-state index contributed by atoms with van der Waals surface area (Å²) in [5.74, 6) is -0.590. The lowest BCUT2D eigenvalue weighted by atomic mass is 9.93. The van der Waals surface area contributed by atoms with E-state index in [1.54, 1.807) is 0 Å². The van der Waals surface area contributed by atoms with Crippen LogP contribution in [0.3, 0.4) is 0 Å². The van der Waals surface area contributed by atoms with Gasteiger partial charge < -0.3 is 0 Å². The number of amides is 1. The molecule has 0 bridgehead atoms. The minimum absolute atomic E-state index is 0.0290. The van der Waals surface area contributed by atoms with E-state index in [0.29, 0.717) is 0 Å². The van der Waals surface area contributed by atoms with Crippen molar-refractivity contribution >= 4 is 15.9 Å². The lowest BCUT2D eigenvalue weighted by molar-refractivity contribution is -0.119. The van der Waals surface area contributed by atoms with Gasteiger partial charge in [-0.15, -0.1) is 5.10 Å². The Bertz CT molecular complexity index is 683. The molecule has 1 atom stereocenters. The molecule has 1 unspecified atom stereocenters. The molecule has 0 saturated heterocycles. The summed E-state index contributed by atoms with van der Waals surface area (Å²) in [6.45, 7) is 1.96. The number of carbonyl (C=O) groups excluding carboxylic acids is 1. The van der Waals surface area contributed by atoms with Crippen molar-refractivity contribution in [2.24, 2.45) is 0 Å². The fourth-order valence-corrected chi connectivity index (χ4v) is 2.85. The molecule has 1 aromatic carbocycles. The van der Waals surface area contributed by atoms with E-state index < -0.39 is 15.9 Å². The molecule has 1 heterocycles.